The minimum absolute atomic E-state index is 0.119. The van der Waals surface area contributed by atoms with Gasteiger partial charge in [-0.2, -0.15) is 0 Å². The van der Waals surface area contributed by atoms with E-state index in [1.54, 1.807) is 0 Å². The van der Waals surface area contributed by atoms with Gasteiger partial charge in [-0.25, -0.2) is 0 Å². The van der Waals surface area contributed by atoms with Crippen LogP contribution in [0.2, 0.25) is 0 Å². The summed E-state index contributed by atoms with van der Waals surface area (Å²) in [6.45, 7) is 4.89. The van der Waals surface area contributed by atoms with Crippen molar-refractivity contribution in [3.05, 3.63) is 63.6 Å². The van der Waals surface area contributed by atoms with Crippen molar-refractivity contribution in [1.82, 2.24) is 0 Å². The fourth-order valence-electron chi connectivity index (χ4n) is 2.10. The van der Waals surface area contributed by atoms with Crippen molar-refractivity contribution in [2.24, 2.45) is 5.73 Å². The smallest absolute Gasteiger partial charge is 0.133 e. The molecule has 0 bridgehead atoms. The Kier molecular flexibility index (Phi) is 5.21. The fraction of sp³-hybridized carbons (Fsp3) is 0.294. The Balaban J connectivity index is 2.22. The number of hydrogen-bond acceptors (Lipinski definition) is 2. The lowest BCUT2D eigenvalue weighted by Gasteiger charge is -2.15. The Bertz CT molecular complexity index is 583. The van der Waals surface area contributed by atoms with E-state index in [1.807, 2.05) is 24.3 Å². The fourth-order valence-corrected chi connectivity index (χ4v) is 2.61. The third-order valence-corrected chi connectivity index (χ3v) is 3.80. The quantitative estimate of drug-likeness (QED) is 0.868. The van der Waals surface area contributed by atoms with E-state index in [-0.39, 0.29) is 6.04 Å². The van der Waals surface area contributed by atoms with Crippen LogP contribution >= 0.6 is 15.9 Å². The van der Waals surface area contributed by atoms with E-state index in [0.717, 1.165) is 34.4 Å². The van der Waals surface area contributed by atoms with Crippen LogP contribution in [0.15, 0.2) is 46.9 Å². The van der Waals surface area contributed by atoms with E-state index in [2.05, 4.69) is 48.0 Å². The van der Waals surface area contributed by atoms with E-state index in [0.29, 0.717) is 0 Å². The second-order valence-corrected chi connectivity index (χ2v) is 5.78. The van der Waals surface area contributed by atoms with Crippen LogP contribution in [0.1, 0.15) is 36.1 Å². The van der Waals surface area contributed by atoms with Gasteiger partial charge in [-0.3, -0.25) is 0 Å². The first-order valence-corrected chi connectivity index (χ1v) is 7.65. The molecule has 0 heterocycles. The van der Waals surface area contributed by atoms with E-state index in [9.17, 15) is 0 Å². The van der Waals surface area contributed by atoms with Crippen LogP contribution in [0.25, 0.3) is 0 Å². The summed E-state index contributed by atoms with van der Waals surface area (Å²) in [5.74, 6) is 0.868. The van der Waals surface area contributed by atoms with Gasteiger partial charge in [0.25, 0.3) is 0 Å². The molecule has 2 aromatic carbocycles. The molecule has 0 fully saturated rings. The second-order valence-electron chi connectivity index (χ2n) is 4.93. The third-order valence-electron chi connectivity index (χ3n) is 3.18. The topological polar surface area (TPSA) is 35.2 Å². The van der Waals surface area contributed by atoms with E-state index >= 15 is 0 Å². The monoisotopic (exact) mass is 333 g/mol. The summed E-state index contributed by atoms with van der Waals surface area (Å²) in [5, 5.41) is 0. The standard InChI is InChI=1S/C17H20BrNO/c1-3-9-20-16-8-7-14(11-15(16)18)17(19)13-6-4-5-12(2)10-13/h4-8,10-11,17H,3,9,19H2,1-2H3. The highest BCUT2D eigenvalue weighted by molar-refractivity contribution is 9.10. The number of ether oxygens (including phenoxy) is 1. The maximum Gasteiger partial charge on any atom is 0.133 e. The molecule has 0 saturated heterocycles. The number of rotatable bonds is 5. The number of benzene rings is 2. The van der Waals surface area contributed by atoms with Gasteiger partial charge in [0.1, 0.15) is 5.75 Å². The summed E-state index contributed by atoms with van der Waals surface area (Å²) in [6, 6.07) is 14.2. The average Bonchev–Trinajstić information content (AvgIpc) is 2.45. The highest BCUT2D eigenvalue weighted by atomic mass is 79.9. The Labute approximate surface area is 129 Å². The van der Waals surface area contributed by atoms with Gasteiger partial charge in [-0.1, -0.05) is 42.8 Å². The van der Waals surface area contributed by atoms with Gasteiger partial charge >= 0.3 is 0 Å². The van der Waals surface area contributed by atoms with Crippen LogP contribution in [0.4, 0.5) is 0 Å². The van der Waals surface area contributed by atoms with Crippen molar-refractivity contribution in [3.8, 4) is 5.75 Å². The number of aryl methyl sites for hydroxylation is 1. The minimum atomic E-state index is -0.119. The molecular weight excluding hydrogens is 314 g/mol. The summed E-state index contributed by atoms with van der Waals surface area (Å²) in [6.07, 6.45) is 0.997. The molecule has 1 unspecified atom stereocenters. The summed E-state index contributed by atoms with van der Waals surface area (Å²) in [7, 11) is 0. The molecular formula is C17H20BrNO. The van der Waals surface area contributed by atoms with Gasteiger partial charge in [0, 0.05) is 0 Å². The molecule has 0 saturated carbocycles. The molecule has 2 N–H and O–H groups in total. The Hall–Kier alpha value is -1.32. The lowest BCUT2D eigenvalue weighted by Crippen LogP contribution is -2.12. The average molecular weight is 334 g/mol. The molecule has 2 aromatic rings. The number of halogens is 1. The van der Waals surface area contributed by atoms with Gasteiger partial charge in [0.2, 0.25) is 0 Å². The van der Waals surface area contributed by atoms with Crippen molar-refractivity contribution in [3.63, 3.8) is 0 Å². The minimum Gasteiger partial charge on any atom is -0.492 e. The second kappa shape index (κ2) is 6.91. The molecule has 2 nitrogen and oxygen atoms in total. The zero-order chi connectivity index (χ0) is 14.5. The first-order valence-electron chi connectivity index (χ1n) is 6.86. The molecule has 20 heavy (non-hydrogen) atoms. The Morgan fingerprint density at radius 1 is 1.15 bits per heavy atom. The molecule has 2 rings (SSSR count). The van der Waals surface area contributed by atoms with Gasteiger partial charge in [0.15, 0.2) is 0 Å². The van der Waals surface area contributed by atoms with Crippen LogP contribution in [0, 0.1) is 6.92 Å². The van der Waals surface area contributed by atoms with Crippen molar-refractivity contribution in [2.45, 2.75) is 26.3 Å². The van der Waals surface area contributed by atoms with Crippen LogP contribution in [0.3, 0.4) is 0 Å². The van der Waals surface area contributed by atoms with E-state index < -0.39 is 0 Å². The van der Waals surface area contributed by atoms with Crippen molar-refractivity contribution < 1.29 is 4.74 Å². The number of nitrogens with two attached hydrogens (primary N) is 1. The maximum atomic E-state index is 6.34. The lowest BCUT2D eigenvalue weighted by molar-refractivity contribution is 0.315. The van der Waals surface area contributed by atoms with Crippen molar-refractivity contribution >= 4 is 15.9 Å². The third kappa shape index (κ3) is 3.62. The predicted octanol–water partition coefficient (Wildman–Crippen LogP) is 4.59. The zero-order valence-electron chi connectivity index (χ0n) is 11.9. The maximum absolute atomic E-state index is 6.34. The van der Waals surface area contributed by atoms with Crippen molar-refractivity contribution in [2.75, 3.05) is 6.61 Å². The van der Waals surface area contributed by atoms with Crippen LogP contribution in [0.5, 0.6) is 5.75 Å². The molecule has 106 valence electrons. The van der Waals surface area contributed by atoms with Crippen LogP contribution in [-0.2, 0) is 0 Å². The molecule has 0 aliphatic rings. The van der Waals surface area contributed by atoms with Crippen LogP contribution in [-0.4, -0.2) is 6.61 Å². The molecule has 0 aromatic heterocycles. The largest absolute Gasteiger partial charge is 0.492 e. The molecule has 0 aliphatic heterocycles. The molecule has 0 radical (unpaired) electrons. The summed E-state index contributed by atoms with van der Waals surface area (Å²) in [4.78, 5) is 0. The summed E-state index contributed by atoms with van der Waals surface area (Å²) < 4.78 is 6.61. The van der Waals surface area contributed by atoms with E-state index in [4.69, 9.17) is 10.5 Å². The number of hydrogen-bond donors (Lipinski definition) is 1. The Morgan fingerprint density at radius 3 is 2.55 bits per heavy atom. The normalized spacial score (nSPS) is 12.2. The molecule has 3 heteroatoms. The molecule has 0 spiro atoms. The lowest BCUT2D eigenvalue weighted by atomic mass is 9.98. The van der Waals surface area contributed by atoms with Gasteiger partial charge in [-0.15, -0.1) is 0 Å². The first-order chi connectivity index (χ1) is 9.61. The summed E-state index contributed by atoms with van der Waals surface area (Å²) >= 11 is 3.55. The zero-order valence-corrected chi connectivity index (χ0v) is 13.5. The van der Waals surface area contributed by atoms with Gasteiger partial charge < -0.3 is 10.5 Å². The van der Waals surface area contributed by atoms with E-state index in [1.165, 1.54) is 5.56 Å². The van der Waals surface area contributed by atoms with Gasteiger partial charge in [0.05, 0.1) is 17.1 Å². The SMILES string of the molecule is CCCOc1ccc(C(N)c2cccc(C)c2)cc1Br. The van der Waals surface area contributed by atoms with Gasteiger partial charge in [-0.05, 0) is 52.5 Å². The summed E-state index contributed by atoms with van der Waals surface area (Å²) in [5.41, 5.74) is 9.76. The predicted molar refractivity (Wildman–Crippen MR) is 87.1 cm³/mol. The highest BCUT2D eigenvalue weighted by Crippen LogP contribution is 2.30. The van der Waals surface area contributed by atoms with Crippen LogP contribution < -0.4 is 10.5 Å². The highest BCUT2D eigenvalue weighted by Gasteiger charge is 2.11. The molecule has 0 amide bonds. The first kappa shape index (κ1) is 15.1. The molecule has 0 aliphatic carbocycles. The van der Waals surface area contributed by atoms with Crippen molar-refractivity contribution in [1.29, 1.82) is 0 Å². The molecule has 1 atom stereocenters. The Morgan fingerprint density at radius 2 is 1.90 bits per heavy atom.